The first kappa shape index (κ1) is 17.5. The molecule has 0 spiro atoms. The molecule has 0 aliphatic carbocycles. The van der Waals surface area contributed by atoms with Gasteiger partial charge in [-0.25, -0.2) is 4.98 Å². The number of H-pyrrole nitrogens is 1. The largest absolute Gasteiger partial charge is 0.354 e. The lowest BCUT2D eigenvalue weighted by atomic mass is 10.4. The lowest BCUT2D eigenvalue weighted by Gasteiger charge is -2.11. The van der Waals surface area contributed by atoms with Gasteiger partial charge in [0.25, 0.3) is 5.56 Å². The molecule has 124 valence electrons. The highest BCUT2D eigenvalue weighted by Gasteiger charge is 2.15. The minimum atomic E-state index is -0.347. The van der Waals surface area contributed by atoms with E-state index < -0.39 is 0 Å². The molecule has 2 rings (SSSR count). The molecule has 2 heterocycles. The molecule has 0 radical (unpaired) electrons. The number of nitrogens with zero attached hydrogens (tertiary/aromatic N) is 4. The third-order valence-electron chi connectivity index (χ3n) is 2.81. The first-order chi connectivity index (χ1) is 11.0. The van der Waals surface area contributed by atoms with Crippen LogP contribution in [-0.4, -0.2) is 48.2 Å². The molecule has 1 atom stereocenters. The van der Waals surface area contributed by atoms with E-state index >= 15 is 0 Å². The van der Waals surface area contributed by atoms with Crippen LogP contribution in [0.25, 0.3) is 0 Å². The molecule has 1 amide bonds. The Labute approximate surface area is 141 Å². The van der Waals surface area contributed by atoms with Crippen molar-refractivity contribution in [2.75, 3.05) is 12.3 Å². The summed E-state index contributed by atoms with van der Waals surface area (Å²) >= 11 is 2.75. The molecule has 0 saturated carbocycles. The van der Waals surface area contributed by atoms with E-state index in [-0.39, 0.29) is 16.7 Å². The van der Waals surface area contributed by atoms with Gasteiger partial charge in [-0.1, -0.05) is 23.5 Å². The van der Waals surface area contributed by atoms with Crippen LogP contribution in [0.4, 0.5) is 0 Å². The second-order valence-corrected chi connectivity index (χ2v) is 7.21. The Morgan fingerprint density at radius 1 is 1.52 bits per heavy atom. The molecule has 0 aromatic carbocycles. The van der Waals surface area contributed by atoms with Crippen molar-refractivity contribution in [3.63, 3.8) is 0 Å². The zero-order chi connectivity index (χ0) is 16.8. The molecule has 2 aromatic rings. The maximum atomic E-state index is 12.1. The van der Waals surface area contributed by atoms with E-state index in [9.17, 15) is 9.59 Å². The third-order valence-corrected chi connectivity index (χ3v) is 4.83. The van der Waals surface area contributed by atoms with Crippen LogP contribution in [0.5, 0.6) is 0 Å². The number of hydrogen-bond acceptors (Lipinski definition) is 7. The van der Waals surface area contributed by atoms with Crippen LogP contribution < -0.4 is 10.9 Å². The van der Waals surface area contributed by atoms with Gasteiger partial charge in [-0.05, 0) is 13.8 Å². The van der Waals surface area contributed by atoms with Crippen molar-refractivity contribution in [3.8, 4) is 0 Å². The van der Waals surface area contributed by atoms with E-state index in [1.807, 2.05) is 11.6 Å². The number of aromatic nitrogens is 5. The first-order valence-corrected chi connectivity index (χ1v) is 8.81. The summed E-state index contributed by atoms with van der Waals surface area (Å²) in [6, 6.07) is 1.42. The summed E-state index contributed by atoms with van der Waals surface area (Å²) in [7, 11) is 1.87. The predicted octanol–water partition coefficient (Wildman–Crippen LogP) is 0.596. The van der Waals surface area contributed by atoms with E-state index in [1.54, 1.807) is 20.2 Å². The van der Waals surface area contributed by atoms with Gasteiger partial charge in [-0.15, -0.1) is 10.2 Å². The minimum Gasteiger partial charge on any atom is -0.354 e. The fourth-order valence-corrected chi connectivity index (χ4v) is 3.32. The fraction of sp³-hybridized carbons (Fsp3) is 0.462. The van der Waals surface area contributed by atoms with Crippen LogP contribution >= 0.6 is 23.5 Å². The number of hydrogen-bond donors (Lipinski definition) is 2. The van der Waals surface area contributed by atoms with Gasteiger partial charge in [0, 0.05) is 31.1 Å². The highest BCUT2D eigenvalue weighted by atomic mass is 32.2. The van der Waals surface area contributed by atoms with E-state index in [0.717, 1.165) is 5.16 Å². The van der Waals surface area contributed by atoms with Crippen molar-refractivity contribution in [1.82, 2.24) is 30.0 Å². The Morgan fingerprint density at radius 2 is 2.30 bits per heavy atom. The summed E-state index contributed by atoms with van der Waals surface area (Å²) in [5, 5.41) is 11.5. The molecule has 0 saturated heterocycles. The average molecular weight is 354 g/mol. The Morgan fingerprint density at radius 3 is 2.96 bits per heavy atom. The Hall–Kier alpha value is -1.81. The van der Waals surface area contributed by atoms with Gasteiger partial charge in [-0.3, -0.25) is 9.59 Å². The van der Waals surface area contributed by atoms with Gasteiger partial charge in [0.05, 0.1) is 5.25 Å². The fourth-order valence-electron chi connectivity index (χ4n) is 1.69. The average Bonchev–Trinajstić information content (AvgIpc) is 2.87. The first-order valence-electron chi connectivity index (χ1n) is 6.95. The summed E-state index contributed by atoms with van der Waals surface area (Å²) < 4.78 is 1.82. The normalized spacial score (nSPS) is 12.1. The van der Waals surface area contributed by atoms with Crippen molar-refractivity contribution >= 4 is 29.4 Å². The van der Waals surface area contributed by atoms with Crippen LogP contribution in [0.3, 0.4) is 0 Å². The number of thioether (sulfide) groups is 2. The highest BCUT2D eigenvalue weighted by Crippen LogP contribution is 2.18. The number of carbonyl (C=O) groups is 1. The Bertz CT molecular complexity index is 729. The van der Waals surface area contributed by atoms with Gasteiger partial charge in [0.1, 0.15) is 6.33 Å². The number of amides is 1. The van der Waals surface area contributed by atoms with Crippen molar-refractivity contribution in [3.05, 3.63) is 28.4 Å². The SMILES string of the molecule is Cc1cc(=O)[nH]c(S[C@H](C)C(=O)NCCSc2nncn2C)n1. The molecule has 0 fully saturated rings. The highest BCUT2D eigenvalue weighted by molar-refractivity contribution is 8.00. The summed E-state index contributed by atoms with van der Waals surface area (Å²) in [6.45, 7) is 4.05. The van der Waals surface area contributed by atoms with Crippen molar-refractivity contribution in [2.45, 2.75) is 29.4 Å². The summed E-state index contributed by atoms with van der Waals surface area (Å²) in [6.07, 6.45) is 1.63. The van der Waals surface area contributed by atoms with Crippen LogP contribution in [0.15, 0.2) is 27.5 Å². The number of nitrogens with one attached hydrogen (secondary N) is 2. The van der Waals surface area contributed by atoms with E-state index in [2.05, 4.69) is 25.5 Å². The van der Waals surface area contributed by atoms with Gasteiger partial charge >= 0.3 is 0 Å². The Balaban J connectivity index is 1.76. The van der Waals surface area contributed by atoms with Crippen LogP contribution in [0.2, 0.25) is 0 Å². The van der Waals surface area contributed by atoms with Gasteiger partial charge in [0.2, 0.25) is 5.91 Å². The van der Waals surface area contributed by atoms with Gasteiger partial charge in [0.15, 0.2) is 10.3 Å². The monoisotopic (exact) mass is 354 g/mol. The molecule has 0 unspecified atom stereocenters. The lowest BCUT2D eigenvalue weighted by molar-refractivity contribution is -0.120. The van der Waals surface area contributed by atoms with Gasteiger partial charge < -0.3 is 14.9 Å². The molecule has 2 aromatic heterocycles. The quantitative estimate of drug-likeness (QED) is 0.426. The van der Waals surface area contributed by atoms with E-state index in [0.29, 0.717) is 23.1 Å². The number of aryl methyl sites for hydroxylation is 2. The second kappa shape index (κ2) is 8.16. The van der Waals surface area contributed by atoms with Gasteiger partial charge in [-0.2, -0.15) is 0 Å². The smallest absolute Gasteiger partial charge is 0.251 e. The van der Waals surface area contributed by atoms with Crippen molar-refractivity contribution < 1.29 is 4.79 Å². The third kappa shape index (κ3) is 5.39. The van der Waals surface area contributed by atoms with Crippen LogP contribution in [0, 0.1) is 6.92 Å². The summed E-state index contributed by atoms with van der Waals surface area (Å²) in [5.41, 5.74) is 0.414. The van der Waals surface area contributed by atoms with E-state index in [1.165, 1.54) is 29.6 Å². The zero-order valence-electron chi connectivity index (χ0n) is 13.1. The molecule has 23 heavy (non-hydrogen) atoms. The maximum Gasteiger partial charge on any atom is 0.251 e. The molecule has 2 N–H and O–H groups in total. The van der Waals surface area contributed by atoms with Crippen molar-refractivity contribution in [2.24, 2.45) is 7.05 Å². The molecular formula is C13H18N6O2S2. The zero-order valence-corrected chi connectivity index (χ0v) is 14.7. The molecule has 0 aliphatic heterocycles. The summed E-state index contributed by atoms with van der Waals surface area (Å²) in [4.78, 5) is 30.3. The molecule has 10 heteroatoms. The molecule has 8 nitrogen and oxygen atoms in total. The van der Waals surface area contributed by atoms with E-state index in [4.69, 9.17) is 0 Å². The molecule has 0 aliphatic rings. The van der Waals surface area contributed by atoms with Crippen LogP contribution in [-0.2, 0) is 11.8 Å². The standard InChI is InChI=1S/C13H18N6O2S2/c1-8-6-10(20)17-12(16-8)23-9(2)11(21)14-4-5-22-13-18-15-7-19(13)3/h6-7,9H,4-5H2,1-3H3,(H,14,21)(H,16,17,20)/t9-/m1/s1. The maximum absolute atomic E-state index is 12.1. The number of rotatable bonds is 7. The van der Waals surface area contributed by atoms with Crippen molar-refractivity contribution in [1.29, 1.82) is 0 Å². The summed E-state index contributed by atoms with van der Waals surface area (Å²) in [5.74, 6) is 0.604. The van der Waals surface area contributed by atoms with Crippen LogP contribution in [0.1, 0.15) is 12.6 Å². The lowest BCUT2D eigenvalue weighted by Crippen LogP contribution is -2.32. The molecule has 0 bridgehead atoms. The Kier molecular flexibility index (Phi) is 6.22. The molecular weight excluding hydrogens is 336 g/mol. The minimum absolute atomic E-state index is 0.0993. The number of carbonyl (C=O) groups excluding carboxylic acids is 1. The predicted molar refractivity (Wildman–Crippen MR) is 89.7 cm³/mol. The number of aromatic amines is 1. The topological polar surface area (TPSA) is 106 Å². The second-order valence-electron chi connectivity index (χ2n) is 4.82.